The van der Waals surface area contributed by atoms with Crippen LogP contribution in [-0.4, -0.2) is 75.5 Å². The predicted molar refractivity (Wildman–Crippen MR) is 101 cm³/mol. The van der Waals surface area contributed by atoms with Crippen molar-refractivity contribution in [3.05, 3.63) is 53.9 Å². The molecule has 7 heteroatoms. The van der Waals surface area contributed by atoms with Crippen LogP contribution in [-0.2, 0) is 11.3 Å². The molecule has 0 unspecified atom stereocenters. The summed E-state index contributed by atoms with van der Waals surface area (Å²) in [5.74, 6) is 0.200. The van der Waals surface area contributed by atoms with Gasteiger partial charge < -0.3 is 9.80 Å². The number of hydrogen-bond acceptors (Lipinski definition) is 4. The molecule has 27 heavy (non-hydrogen) atoms. The van der Waals surface area contributed by atoms with Gasteiger partial charge in [0.05, 0.1) is 6.04 Å². The van der Waals surface area contributed by atoms with Gasteiger partial charge in [0.1, 0.15) is 5.69 Å². The smallest absolute Gasteiger partial charge is 0.271 e. The molecule has 7 nitrogen and oxygen atoms in total. The summed E-state index contributed by atoms with van der Waals surface area (Å²) in [4.78, 5) is 31.5. The number of benzene rings is 1. The molecular formula is C20H25N5O2. The third kappa shape index (κ3) is 3.88. The molecule has 3 heterocycles. The van der Waals surface area contributed by atoms with Gasteiger partial charge in [-0.3, -0.25) is 19.6 Å². The highest BCUT2D eigenvalue weighted by Crippen LogP contribution is 2.21. The van der Waals surface area contributed by atoms with Crippen LogP contribution in [0, 0.1) is 0 Å². The van der Waals surface area contributed by atoms with Crippen LogP contribution in [0.4, 0.5) is 0 Å². The predicted octanol–water partition coefficient (Wildman–Crippen LogP) is 1.36. The van der Waals surface area contributed by atoms with Crippen molar-refractivity contribution in [1.29, 1.82) is 0 Å². The van der Waals surface area contributed by atoms with Crippen molar-refractivity contribution in [3.63, 3.8) is 0 Å². The van der Waals surface area contributed by atoms with E-state index in [1.165, 1.54) is 5.56 Å². The Labute approximate surface area is 158 Å². The van der Waals surface area contributed by atoms with Crippen molar-refractivity contribution in [1.82, 2.24) is 24.9 Å². The Morgan fingerprint density at radius 2 is 1.85 bits per heavy atom. The van der Waals surface area contributed by atoms with Crippen molar-refractivity contribution < 1.29 is 9.59 Å². The van der Waals surface area contributed by atoms with Crippen LogP contribution >= 0.6 is 0 Å². The molecule has 1 aromatic carbocycles. The summed E-state index contributed by atoms with van der Waals surface area (Å²) in [6, 6.07) is 11.8. The van der Waals surface area contributed by atoms with Crippen molar-refractivity contribution in [2.45, 2.75) is 25.4 Å². The van der Waals surface area contributed by atoms with E-state index < -0.39 is 0 Å². The lowest BCUT2D eigenvalue weighted by molar-refractivity contribution is -0.141. The second-order valence-electron chi connectivity index (χ2n) is 7.20. The molecule has 1 aromatic heterocycles. The van der Waals surface area contributed by atoms with Gasteiger partial charge in [0.25, 0.3) is 5.91 Å². The molecule has 2 saturated heterocycles. The Morgan fingerprint density at radius 1 is 1.07 bits per heavy atom. The van der Waals surface area contributed by atoms with Gasteiger partial charge in [0.15, 0.2) is 0 Å². The van der Waals surface area contributed by atoms with Gasteiger partial charge in [-0.2, -0.15) is 5.10 Å². The third-order valence-corrected chi connectivity index (χ3v) is 5.49. The van der Waals surface area contributed by atoms with Crippen molar-refractivity contribution in [2.75, 3.05) is 32.7 Å². The van der Waals surface area contributed by atoms with E-state index in [1.807, 2.05) is 28.0 Å². The van der Waals surface area contributed by atoms with E-state index in [0.717, 1.165) is 32.5 Å². The van der Waals surface area contributed by atoms with E-state index in [2.05, 4.69) is 27.2 Å². The first-order chi connectivity index (χ1) is 13.2. The lowest BCUT2D eigenvalue weighted by Crippen LogP contribution is -2.58. The third-order valence-electron chi connectivity index (χ3n) is 5.49. The Kier molecular flexibility index (Phi) is 5.20. The standard InChI is InChI=1S/C20H25N5O2/c26-19(17-8-9-21-22-17)24-13-11-23(12-14-24)18-7-4-10-25(20(18)27)15-16-5-2-1-3-6-16/h1-3,5-6,8-9,18H,4,7,10-15H2,(H,21,22)/t18-/m0/s1. The molecule has 1 N–H and O–H groups in total. The topological polar surface area (TPSA) is 72.5 Å². The van der Waals surface area contributed by atoms with Crippen LogP contribution in [0.5, 0.6) is 0 Å². The van der Waals surface area contributed by atoms with E-state index in [1.54, 1.807) is 12.3 Å². The largest absolute Gasteiger partial charge is 0.337 e. The zero-order valence-corrected chi connectivity index (χ0v) is 15.4. The van der Waals surface area contributed by atoms with Gasteiger partial charge >= 0.3 is 0 Å². The number of hydrogen-bond donors (Lipinski definition) is 1. The number of H-pyrrole nitrogens is 1. The summed E-state index contributed by atoms with van der Waals surface area (Å²) < 4.78 is 0. The molecule has 1 atom stereocenters. The summed E-state index contributed by atoms with van der Waals surface area (Å²) in [6.07, 6.45) is 3.51. The molecule has 2 aliphatic heterocycles. The van der Waals surface area contributed by atoms with E-state index in [9.17, 15) is 9.59 Å². The number of amides is 2. The first-order valence-corrected chi connectivity index (χ1v) is 9.58. The Morgan fingerprint density at radius 3 is 2.56 bits per heavy atom. The van der Waals surface area contributed by atoms with Crippen LogP contribution < -0.4 is 0 Å². The van der Waals surface area contributed by atoms with Crippen LogP contribution in [0.25, 0.3) is 0 Å². The van der Waals surface area contributed by atoms with Gasteiger partial charge in [-0.15, -0.1) is 0 Å². The van der Waals surface area contributed by atoms with Crippen LogP contribution in [0.2, 0.25) is 0 Å². The van der Waals surface area contributed by atoms with Crippen molar-refractivity contribution in [3.8, 4) is 0 Å². The minimum atomic E-state index is -0.0631. The number of likely N-dealkylation sites (tertiary alicyclic amines) is 1. The number of nitrogens with zero attached hydrogens (tertiary/aromatic N) is 4. The quantitative estimate of drug-likeness (QED) is 0.886. The molecular weight excluding hydrogens is 342 g/mol. The highest BCUT2D eigenvalue weighted by Gasteiger charge is 2.35. The minimum absolute atomic E-state index is 0.0205. The zero-order chi connectivity index (χ0) is 18.6. The van der Waals surface area contributed by atoms with Gasteiger partial charge in [0, 0.05) is 45.5 Å². The number of rotatable bonds is 4. The van der Waals surface area contributed by atoms with Gasteiger partial charge in [0.2, 0.25) is 5.91 Å². The maximum Gasteiger partial charge on any atom is 0.271 e. The number of carbonyl (C=O) groups is 2. The van der Waals surface area contributed by atoms with Gasteiger partial charge in [-0.25, -0.2) is 0 Å². The molecule has 2 fully saturated rings. The fraction of sp³-hybridized carbons (Fsp3) is 0.450. The summed E-state index contributed by atoms with van der Waals surface area (Å²) in [5, 5.41) is 6.58. The molecule has 0 spiro atoms. The van der Waals surface area contributed by atoms with Gasteiger partial charge in [-0.1, -0.05) is 30.3 Å². The van der Waals surface area contributed by atoms with E-state index in [-0.39, 0.29) is 17.9 Å². The van der Waals surface area contributed by atoms with Crippen LogP contribution in [0.15, 0.2) is 42.6 Å². The highest BCUT2D eigenvalue weighted by atomic mass is 16.2. The normalized spacial score (nSPS) is 21.5. The van der Waals surface area contributed by atoms with E-state index in [4.69, 9.17) is 0 Å². The fourth-order valence-corrected chi connectivity index (χ4v) is 4.00. The first kappa shape index (κ1) is 17.7. The zero-order valence-electron chi connectivity index (χ0n) is 15.4. The molecule has 142 valence electrons. The molecule has 2 aromatic rings. The maximum atomic E-state index is 13.0. The number of piperidine rings is 1. The summed E-state index contributed by atoms with van der Waals surface area (Å²) in [6.45, 7) is 4.24. The number of aromatic nitrogens is 2. The van der Waals surface area contributed by atoms with Crippen molar-refractivity contribution >= 4 is 11.8 Å². The second-order valence-corrected chi connectivity index (χ2v) is 7.20. The highest BCUT2D eigenvalue weighted by molar-refractivity contribution is 5.92. The Balaban J connectivity index is 1.35. The second kappa shape index (κ2) is 7.92. The van der Waals surface area contributed by atoms with Crippen LogP contribution in [0.1, 0.15) is 28.9 Å². The molecule has 0 radical (unpaired) electrons. The first-order valence-electron chi connectivity index (χ1n) is 9.58. The van der Waals surface area contributed by atoms with Crippen molar-refractivity contribution in [2.24, 2.45) is 0 Å². The number of aromatic amines is 1. The average molecular weight is 367 g/mol. The molecule has 0 saturated carbocycles. The summed E-state index contributed by atoms with van der Waals surface area (Å²) in [5.41, 5.74) is 1.69. The molecule has 0 bridgehead atoms. The number of piperazine rings is 1. The van der Waals surface area contributed by atoms with Crippen LogP contribution in [0.3, 0.4) is 0 Å². The molecule has 0 aliphatic carbocycles. The average Bonchev–Trinajstić information content (AvgIpc) is 3.25. The van der Waals surface area contributed by atoms with E-state index in [0.29, 0.717) is 25.3 Å². The fourth-order valence-electron chi connectivity index (χ4n) is 4.00. The molecule has 2 aliphatic rings. The maximum absolute atomic E-state index is 13.0. The minimum Gasteiger partial charge on any atom is -0.337 e. The van der Waals surface area contributed by atoms with Gasteiger partial charge in [-0.05, 0) is 24.5 Å². The monoisotopic (exact) mass is 367 g/mol. The Bertz CT molecular complexity index is 769. The lowest BCUT2D eigenvalue weighted by atomic mass is 10.0. The number of carbonyl (C=O) groups excluding carboxylic acids is 2. The molecule has 4 rings (SSSR count). The SMILES string of the molecule is O=C(c1ccn[nH]1)N1CCN([C@H]2CCCN(Cc3ccccc3)C2=O)CC1. The Hall–Kier alpha value is -2.67. The lowest BCUT2D eigenvalue weighted by Gasteiger charge is -2.42. The number of nitrogens with one attached hydrogen (secondary N) is 1. The summed E-state index contributed by atoms with van der Waals surface area (Å²) >= 11 is 0. The summed E-state index contributed by atoms with van der Waals surface area (Å²) in [7, 11) is 0. The molecule has 2 amide bonds. The van der Waals surface area contributed by atoms with E-state index >= 15 is 0 Å².